The number of urea groups is 1. The number of ether oxygens (including phenoxy) is 1. The zero-order valence-electron chi connectivity index (χ0n) is 22.6. The standard InChI is InChI=1S/C26H37N3O7S/c1-8-11-19(22(30)36-25(3,4)5)29-23(31)26(6,7)28(24(29)32)14-15-37(33,34)27-16-21-17(2)18-12-9-10-13-20(18)35-21/h9-10,12-13,19,27H,8,11,14-16H2,1-7H3. The van der Waals surface area contributed by atoms with Crippen LogP contribution in [0.3, 0.4) is 0 Å². The number of hydrogen-bond acceptors (Lipinski definition) is 7. The number of fused-ring (bicyclic) bond motifs is 1. The van der Waals surface area contributed by atoms with Gasteiger partial charge in [0.1, 0.15) is 28.5 Å². The highest BCUT2D eigenvalue weighted by Gasteiger charge is 2.55. The average molecular weight is 536 g/mol. The van der Waals surface area contributed by atoms with E-state index in [1.807, 2.05) is 38.1 Å². The van der Waals surface area contributed by atoms with E-state index >= 15 is 0 Å². The Morgan fingerprint density at radius 1 is 1.19 bits per heavy atom. The number of furan rings is 1. The molecule has 1 fully saturated rings. The lowest BCUT2D eigenvalue weighted by molar-refractivity contribution is -0.163. The summed E-state index contributed by atoms with van der Waals surface area (Å²) in [7, 11) is -3.83. The van der Waals surface area contributed by atoms with Crippen molar-refractivity contribution < 1.29 is 32.0 Å². The van der Waals surface area contributed by atoms with Crippen LogP contribution in [0.4, 0.5) is 4.79 Å². The van der Waals surface area contributed by atoms with Gasteiger partial charge in [-0.2, -0.15) is 0 Å². The first-order valence-electron chi connectivity index (χ1n) is 12.4. The molecule has 0 saturated carbocycles. The summed E-state index contributed by atoms with van der Waals surface area (Å²) < 4.78 is 39.4. The number of nitrogens with zero attached hydrogens (tertiary/aromatic N) is 2. The molecule has 1 aliphatic rings. The Bertz CT molecular complexity index is 1290. The van der Waals surface area contributed by atoms with E-state index in [1.165, 1.54) is 4.90 Å². The van der Waals surface area contributed by atoms with Crippen LogP contribution >= 0.6 is 0 Å². The first kappa shape index (κ1) is 28.6. The summed E-state index contributed by atoms with van der Waals surface area (Å²) in [6, 6.07) is 5.65. The SMILES string of the molecule is CCCC(C(=O)OC(C)(C)C)N1C(=O)N(CCS(=O)(=O)NCc2oc3ccccc3c2C)C(C)(C)C1=O. The van der Waals surface area contributed by atoms with E-state index in [0.717, 1.165) is 15.8 Å². The van der Waals surface area contributed by atoms with Crippen molar-refractivity contribution in [2.75, 3.05) is 12.3 Å². The van der Waals surface area contributed by atoms with Crippen LogP contribution in [-0.4, -0.2) is 65.6 Å². The Kier molecular flexibility index (Phi) is 8.09. The van der Waals surface area contributed by atoms with E-state index in [9.17, 15) is 22.8 Å². The third-order valence-corrected chi connectivity index (χ3v) is 7.69. The normalized spacial score (nSPS) is 17.1. The number of esters is 1. The van der Waals surface area contributed by atoms with Gasteiger partial charge in [-0.05, 0) is 59.6 Å². The second kappa shape index (κ2) is 10.4. The fourth-order valence-corrected chi connectivity index (χ4v) is 5.28. The van der Waals surface area contributed by atoms with Crippen molar-refractivity contribution in [3.05, 3.63) is 35.6 Å². The van der Waals surface area contributed by atoms with E-state index in [2.05, 4.69) is 4.72 Å². The zero-order valence-corrected chi connectivity index (χ0v) is 23.4. The lowest BCUT2D eigenvalue weighted by Crippen LogP contribution is -2.48. The van der Waals surface area contributed by atoms with Gasteiger partial charge in [0.2, 0.25) is 10.0 Å². The van der Waals surface area contributed by atoms with Crippen LogP contribution in [0.15, 0.2) is 28.7 Å². The molecular weight excluding hydrogens is 498 g/mol. The molecule has 1 saturated heterocycles. The molecular formula is C26H37N3O7S. The zero-order chi connectivity index (χ0) is 27.8. The molecule has 1 aromatic carbocycles. The molecule has 2 aromatic rings. The molecule has 2 heterocycles. The van der Waals surface area contributed by atoms with Crippen LogP contribution < -0.4 is 4.72 Å². The quantitative estimate of drug-likeness (QED) is 0.363. The molecule has 3 rings (SSSR count). The van der Waals surface area contributed by atoms with Crippen molar-refractivity contribution in [3.63, 3.8) is 0 Å². The molecule has 0 spiro atoms. The van der Waals surface area contributed by atoms with E-state index in [1.54, 1.807) is 34.6 Å². The summed E-state index contributed by atoms with van der Waals surface area (Å²) in [4.78, 5) is 41.6. The summed E-state index contributed by atoms with van der Waals surface area (Å²) in [5.74, 6) is -1.15. The molecule has 3 amide bonds. The van der Waals surface area contributed by atoms with E-state index in [0.29, 0.717) is 17.8 Å². The van der Waals surface area contributed by atoms with Gasteiger partial charge in [-0.3, -0.25) is 4.79 Å². The number of imide groups is 1. The van der Waals surface area contributed by atoms with Crippen molar-refractivity contribution >= 4 is 38.9 Å². The molecule has 37 heavy (non-hydrogen) atoms. The van der Waals surface area contributed by atoms with Crippen LogP contribution in [0.25, 0.3) is 11.0 Å². The number of carbonyl (C=O) groups excluding carboxylic acids is 3. The molecule has 1 aliphatic heterocycles. The lowest BCUT2D eigenvalue weighted by atomic mass is 10.0. The number of sulfonamides is 1. The summed E-state index contributed by atoms with van der Waals surface area (Å²) in [5.41, 5.74) is -0.596. The fourth-order valence-electron chi connectivity index (χ4n) is 4.36. The minimum absolute atomic E-state index is 0.0392. The third kappa shape index (κ3) is 6.15. The van der Waals surface area contributed by atoms with Gasteiger partial charge in [-0.1, -0.05) is 31.5 Å². The van der Waals surface area contributed by atoms with Crippen molar-refractivity contribution in [2.24, 2.45) is 0 Å². The summed E-state index contributed by atoms with van der Waals surface area (Å²) in [5, 5.41) is 0.909. The molecule has 1 N–H and O–H groups in total. The smallest absolute Gasteiger partial charge is 0.329 e. The highest BCUT2D eigenvalue weighted by atomic mass is 32.2. The van der Waals surface area contributed by atoms with Gasteiger partial charge in [-0.15, -0.1) is 0 Å². The number of para-hydroxylation sites is 1. The van der Waals surface area contributed by atoms with Crippen molar-refractivity contribution in [2.45, 2.75) is 85.0 Å². The predicted octanol–water partition coefficient (Wildman–Crippen LogP) is 3.71. The van der Waals surface area contributed by atoms with Crippen LogP contribution in [0, 0.1) is 6.92 Å². The van der Waals surface area contributed by atoms with Crippen molar-refractivity contribution in [1.29, 1.82) is 0 Å². The third-order valence-electron chi connectivity index (χ3n) is 6.39. The molecule has 0 radical (unpaired) electrons. The lowest BCUT2D eigenvalue weighted by Gasteiger charge is -2.28. The van der Waals surface area contributed by atoms with Gasteiger partial charge >= 0.3 is 12.0 Å². The maximum absolute atomic E-state index is 13.4. The minimum atomic E-state index is -3.83. The Morgan fingerprint density at radius 2 is 1.84 bits per heavy atom. The van der Waals surface area contributed by atoms with Gasteiger partial charge in [0.25, 0.3) is 5.91 Å². The maximum Gasteiger partial charge on any atom is 0.329 e. The second-order valence-electron chi connectivity index (χ2n) is 10.8. The Labute approximate surface area is 218 Å². The summed E-state index contributed by atoms with van der Waals surface area (Å²) >= 11 is 0. The number of carbonyl (C=O) groups is 3. The van der Waals surface area contributed by atoms with E-state index < -0.39 is 50.9 Å². The topological polar surface area (TPSA) is 126 Å². The fraction of sp³-hybridized carbons (Fsp3) is 0.577. The number of benzene rings is 1. The van der Waals surface area contributed by atoms with Gasteiger partial charge in [-0.25, -0.2) is 27.6 Å². The molecule has 0 aliphatic carbocycles. The summed E-state index contributed by atoms with van der Waals surface area (Å²) in [6.45, 7) is 11.7. The van der Waals surface area contributed by atoms with Crippen molar-refractivity contribution in [1.82, 2.24) is 14.5 Å². The van der Waals surface area contributed by atoms with Crippen LogP contribution in [0.2, 0.25) is 0 Å². The Balaban J connectivity index is 1.72. The van der Waals surface area contributed by atoms with Gasteiger partial charge < -0.3 is 14.1 Å². The molecule has 1 aromatic heterocycles. The molecule has 0 bridgehead atoms. The van der Waals surface area contributed by atoms with Crippen LogP contribution in [-0.2, 0) is 30.9 Å². The first-order valence-corrected chi connectivity index (χ1v) is 14.1. The Hall–Kier alpha value is -2.92. The predicted molar refractivity (Wildman–Crippen MR) is 139 cm³/mol. The van der Waals surface area contributed by atoms with Gasteiger partial charge in [0.05, 0.1) is 12.3 Å². The molecule has 10 nitrogen and oxygen atoms in total. The first-order chi connectivity index (χ1) is 17.1. The second-order valence-corrected chi connectivity index (χ2v) is 12.7. The van der Waals surface area contributed by atoms with Crippen LogP contribution in [0.5, 0.6) is 0 Å². The summed E-state index contributed by atoms with van der Waals surface area (Å²) in [6.07, 6.45) is 0.786. The average Bonchev–Trinajstić information content (AvgIpc) is 3.19. The number of hydrogen-bond donors (Lipinski definition) is 1. The number of nitrogens with one attached hydrogen (secondary N) is 1. The van der Waals surface area contributed by atoms with Crippen molar-refractivity contribution in [3.8, 4) is 0 Å². The number of rotatable bonds is 10. The number of amides is 3. The maximum atomic E-state index is 13.4. The number of aryl methyl sites for hydroxylation is 1. The molecule has 11 heteroatoms. The highest BCUT2D eigenvalue weighted by molar-refractivity contribution is 7.89. The largest absolute Gasteiger partial charge is 0.459 e. The monoisotopic (exact) mass is 535 g/mol. The van der Waals surface area contributed by atoms with E-state index in [-0.39, 0.29) is 19.5 Å². The molecule has 1 unspecified atom stereocenters. The van der Waals surface area contributed by atoms with Gasteiger partial charge in [0, 0.05) is 11.9 Å². The highest BCUT2D eigenvalue weighted by Crippen LogP contribution is 2.31. The van der Waals surface area contributed by atoms with Gasteiger partial charge in [0.15, 0.2) is 0 Å². The van der Waals surface area contributed by atoms with E-state index in [4.69, 9.17) is 9.15 Å². The van der Waals surface area contributed by atoms with Crippen LogP contribution in [0.1, 0.15) is 65.7 Å². The molecule has 204 valence electrons. The molecule has 1 atom stereocenters. The minimum Gasteiger partial charge on any atom is -0.459 e. The Morgan fingerprint density at radius 3 is 2.43 bits per heavy atom.